The van der Waals surface area contributed by atoms with Crippen molar-refractivity contribution in [3.63, 3.8) is 0 Å². The third-order valence-electron chi connectivity index (χ3n) is 7.77. The second kappa shape index (κ2) is 12.5. The van der Waals surface area contributed by atoms with E-state index in [4.69, 9.17) is 32.9 Å². The minimum atomic E-state index is -0.621. The van der Waals surface area contributed by atoms with Crippen molar-refractivity contribution in [3.05, 3.63) is 69.2 Å². The Hall–Kier alpha value is -2.90. The van der Waals surface area contributed by atoms with Gasteiger partial charge in [-0.2, -0.15) is 0 Å². The largest absolute Gasteiger partial charge is 0.460 e. The molecule has 1 aliphatic heterocycles. The average Bonchev–Trinajstić information content (AvgIpc) is 3.14. The number of carbonyl (C=O) groups excluding carboxylic acids is 3. The first-order chi connectivity index (χ1) is 19.3. The van der Waals surface area contributed by atoms with E-state index in [1.54, 1.807) is 51.1 Å². The van der Waals surface area contributed by atoms with E-state index in [0.717, 1.165) is 31.2 Å². The van der Waals surface area contributed by atoms with Gasteiger partial charge in [-0.3, -0.25) is 19.4 Å². The van der Waals surface area contributed by atoms with Crippen molar-refractivity contribution in [2.75, 3.05) is 6.54 Å². The summed E-state index contributed by atoms with van der Waals surface area (Å²) in [7, 11) is 0. The summed E-state index contributed by atoms with van der Waals surface area (Å²) in [6, 6.07) is 12.3. The van der Waals surface area contributed by atoms with Crippen LogP contribution in [0.25, 0.3) is 0 Å². The lowest BCUT2D eigenvalue weighted by molar-refractivity contribution is -0.154. The van der Waals surface area contributed by atoms with Crippen molar-refractivity contribution in [2.45, 2.75) is 84.5 Å². The molecule has 1 N–H and O–H groups in total. The Morgan fingerprint density at radius 1 is 1.07 bits per heavy atom. The second-order valence-corrected chi connectivity index (χ2v) is 13.2. The second-order valence-electron chi connectivity index (χ2n) is 12.4. The summed E-state index contributed by atoms with van der Waals surface area (Å²) in [5.41, 5.74) is 1.20. The van der Waals surface area contributed by atoms with E-state index >= 15 is 0 Å². The van der Waals surface area contributed by atoms with Gasteiger partial charge < -0.3 is 15.0 Å². The van der Waals surface area contributed by atoms with Crippen molar-refractivity contribution in [2.24, 2.45) is 16.8 Å². The highest BCUT2D eigenvalue weighted by Gasteiger charge is 2.49. The lowest BCUT2D eigenvalue weighted by atomic mass is 9.76. The molecule has 2 aromatic rings. The molecule has 7 nitrogen and oxygen atoms in total. The van der Waals surface area contributed by atoms with E-state index in [-0.39, 0.29) is 30.7 Å². The number of ether oxygens (including phenoxy) is 1. The molecule has 4 rings (SSSR count). The number of rotatable bonds is 8. The summed E-state index contributed by atoms with van der Waals surface area (Å²) in [6.45, 7) is 10.5. The third-order valence-corrected chi connectivity index (χ3v) is 8.21. The summed E-state index contributed by atoms with van der Waals surface area (Å²) >= 11 is 12.5. The lowest BCUT2D eigenvalue weighted by Gasteiger charge is -2.42. The maximum Gasteiger partial charge on any atom is 0.308 e. The molecule has 1 spiro atoms. The summed E-state index contributed by atoms with van der Waals surface area (Å²) in [4.78, 5) is 45.4. The van der Waals surface area contributed by atoms with Gasteiger partial charge in [0.15, 0.2) is 0 Å². The normalized spacial score (nSPS) is 20.9. The zero-order valence-electron chi connectivity index (χ0n) is 24.4. The molecule has 1 aliphatic carbocycles. The van der Waals surface area contributed by atoms with Crippen LogP contribution in [0.1, 0.15) is 88.2 Å². The predicted molar refractivity (Wildman–Crippen MR) is 162 cm³/mol. The molecule has 220 valence electrons. The molecule has 1 fully saturated rings. The minimum Gasteiger partial charge on any atom is -0.460 e. The van der Waals surface area contributed by atoms with Crippen molar-refractivity contribution >= 4 is 46.7 Å². The van der Waals surface area contributed by atoms with E-state index < -0.39 is 11.3 Å². The number of halogens is 2. The van der Waals surface area contributed by atoms with Gasteiger partial charge in [0.1, 0.15) is 17.0 Å². The Morgan fingerprint density at radius 2 is 1.68 bits per heavy atom. The van der Waals surface area contributed by atoms with Crippen LogP contribution in [0.2, 0.25) is 10.0 Å². The fourth-order valence-corrected chi connectivity index (χ4v) is 6.12. The Bertz CT molecular complexity index is 1300. The molecule has 2 aliphatic rings. The molecule has 2 amide bonds. The van der Waals surface area contributed by atoms with Gasteiger partial charge in [0.2, 0.25) is 0 Å². The number of hydrogen-bond acceptors (Lipinski definition) is 5. The number of hydrogen-bond donors (Lipinski definition) is 1. The van der Waals surface area contributed by atoms with Crippen LogP contribution in [0, 0.1) is 11.8 Å². The van der Waals surface area contributed by atoms with Gasteiger partial charge in [-0.15, -0.1) is 0 Å². The van der Waals surface area contributed by atoms with Crippen LogP contribution in [0.4, 0.5) is 0 Å². The van der Waals surface area contributed by atoms with Gasteiger partial charge in [0.05, 0.1) is 6.42 Å². The van der Waals surface area contributed by atoms with Crippen LogP contribution in [-0.2, 0) is 20.9 Å². The van der Waals surface area contributed by atoms with Gasteiger partial charge in [-0.1, -0.05) is 49.2 Å². The average molecular weight is 601 g/mol. The van der Waals surface area contributed by atoms with Crippen LogP contribution < -0.4 is 5.32 Å². The standard InChI is InChI=1S/C32H39Cl2N3O4/c1-20(2)22-10-13-32(14-11-22)36-28(24-16-25(33)18-26(34)17-24)30(40)37(32)19-21-6-8-23(9-7-21)29(39)35-15-12-27(38)41-31(3,4)5/h6-9,16-18,20,22H,10-15,19H2,1-5H3,(H,35,39). The quantitative estimate of drug-likeness (QED) is 0.337. The molecule has 0 saturated heterocycles. The summed E-state index contributed by atoms with van der Waals surface area (Å²) in [5, 5.41) is 3.68. The fourth-order valence-electron chi connectivity index (χ4n) is 5.60. The van der Waals surface area contributed by atoms with Gasteiger partial charge in [0.25, 0.3) is 11.8 Å². The molecule has 0 atom stereocenters. The highest BCUT2D eigenvalue weighted by atomic mass is 35.5. The Kier molecular flexibility index (Phi) is 9.49. The molecule has 1 heterocycles. The molecule has 1 saturated carbocycles. The highest BCUT2D eigenvalue weighted by Crippen LogP contribution is 2.44. The number of carbonyl (C=O) groups is 3. The number of aliphatic imine (C=N–C) groups is 1. The fraction of sp³-hybridized carbons (Fsp3) is 0.500. The van der Waals surface area contributed by atoms with Crippen LogP contribution in [0.5, 0.6) is 0 Å². The maximum atomic E-state index is 13.9. The number of nitrogens with zero attached hydrogens (tertiary/aromatic N) is 2. The predicted octanol–water partition coefficient (Wildman–Crippen LogP) is 6.83. The molecule has 2 aromatic carbocycles. The number of nitrogens with one attached hydrogen (secondary N) is 1. The van der Waals surface area contributed by atoms with Crippen LogP contribution in [0.3, 0.4) is 0 Å². The zero-order valence-corrected chi connectivity index (χ0v) is 25.9. The first-order valence-corrected chi connectivity index (χ1v) is 15.0. The third kappa shape index (κ3) is 7.69. The number of benzene rings is 2. The van der Waals surface area contributed by atoms with Crippen LogP contribution in [-0.4, -0.2) is 46.2 Å². The van der Waals surface area contributed by atoms with Crippen LogP contribution in [0.15, 0.2) is 47.5 Å². The Labute approximate surface area is 252 Å². The summed E-state index contributed by atoms with van der Waals surface area (Å²) in [5.74, 6) is 0.405. The SMILES string of the molecule is CC(C)C1CCC2(CC1)N=C(c1cc(Cl)cc(Cl)c1)C(=O)N2Cc1ccc(C(=O)NCCC(=O)OC(C)(C)C)cc1. The van der Waals surface area contributed by atoms with Crippen molar-refractivity contribution in [1.29, 1.82) is 0 Å². The molecule has 0 radical (unpaired) electrons. The van der Waals surface area contributed by atoms with E-state index in [1.807, 2.05) is 17.0 Å². The van der Waals surface area contributed by atoms with Gasteiger partial charge in [0, 0.05) is 34.3 Å². The smallest absolute Gasteiger partial charge is 0.308 e. The monoisotopic (exact) mass is 599 g/mol. The number of esters is 1. The Balaban J connectivity index is 1.48. The molecule has 41 heavy (non-hydrogen) atoms. The first-order valence-electron chi connectivity index (χ1n) is 14.2. The van der Waals surface area contributed by atoms with E-state index in [1.165, 1.54) is 0 Å². The van der Waals surface area contributed by atoms with Gasteiger partial charge >= 0.3 is 5.97 Å². The van der Waals surface area contributed by atoms with E-state index in [0.29, 0.717) is 45.3 Å². The molecule has 9 heteroatoms. The molecule has 0 unspecified atom stereocenters. The van der Waals surface area contributed by atoms with Crippen molar-refractivity contribution in [1.82, 2.24) is 10.2 Å². The summed E-state index contributed by atoms with van der Waals surface area (Å²) < 4.78 is 5.28. The highest BCUT2D eigenvalue weighted by molar-refractivity contribution is 6.47. The van der Waals surface area contributed by atoms with Gasteiger partial charge in [-0.05, 0) is 94.2 Å². The molecular weight excluding hydrogens is 561 g/mol. The molecule has 0 bridgehead atoms. The van der Waals surface area contributed by atoms with E-state index in [9.17, 15) is 14.4 Å². The van der Waals surface area contributed by atoms with Crippen molar-refractivity contribution < 1.29 is 19.1 Å². The first kappa shape index (κ1) is 31.0. The van der Waals surface area contributed by atoms with Crippen molar-refractivity contribution in [3.8, 4) is 0 Å². The zero-order chi connectivity index (χ0) is 29.9. The molecule has 0 aromatic heterocycles. The Morgan fingerprint density at radius 3 is 2.24 bits per heavy atom. The molecular formula is C32H39Cl2N3O4. The summed E-state index contributed by atoms with van der Waals surface area (Å²) in [6.07, 6.45) is 3.67. The van der Waals surface area contributed by atoms with Gasteiger partial charge in [-0.25, -0.2) is 0 Å². The van der Waals surface area contributed by atoms with E-state index in [2.05, 4.69) is 19.2 Å². The lowest BCUT2D eigenvalue weighted by Crippen LogP contribution is -2.48. The van der Waals surface area contributed by atoms with Crippen LogP contribution >= 0.6 is 23.2 Å². The number of amides is 2. The topological polar surface area (TPSA) is 88.1 Å². The minimum absolute atomic E-state index is 0.0953. The maximum absolute atomic E-state index is 13.9.